The van der Waals surface area contributed by atoms with Crippen molar-refractivity contribution >= 4 is 5.91 Å². The molecule has 2 aliphatic heterocycles. The summed E-state index contributed by atoms with van der Waals surface area (Å²) in [5, 5.41) is 0. The maximum atomic E-state index is 13.0. The second-order valence-electron chi connectivity index (χ2n) is 6.81. The molecule has 2 aliphatic rings. The molecule has 25 heavy (non-hydrogen) atoms. The highest BCUT2D eigenvalue weighted by Gasteiger charge is 2.47. The maximum Gasteiger partial charge on any atom is 0.255 e. The fraction of sp³-hybridized carbons (Fsp3) is 0.474. The Morgan fingerprint density at radius 1 is 1.40 bits per heavy atom. The number of hydrogen-bond donors (Lipinski definition) is 0. The summed E-state index contributed by atoms with van der Waals surface area (Å²) in [6.45, 7) is 2.14. The van der Waals surface area contributed by atoms with Gasteiger partial charge in [0.1, 0.15) is 5.76 Å². The molecule has 0 aromatic carbocycles. The Morgan fingerprint density at radius 3 is 3.08 bits per heavy atom. The Labute approximate surface area is 147 Å². The fourth-order valence-electron chi connectivity index (χ4n) is 3.97. The van der Waals surface area contributed by atoms with Gasteiger partial charge in [-0.2, -0.15) is 0 Å². The van der Waals surface area contributed by atoms with Crippen LogP contribution in [0.25, 0.3) is 0 Å². The van der Waals surface area contributed by atoms with Crippen molar-refractivity contribution in [3.8, 4) is 0 Å². The lowest BCUT2D eigenvalue weighted by atomic mass is 10.00. The van der Waals surface area contributed by atoms with Gasteiger partial charge in [-0.15, -0.1) is 0 Å². The first kappa shape index (κ1) is 16.3. The molecule has 6 heteroatoms. The number of pyridine rings is 1. The van der Waals surface area contributed by atoms with Gasteiger partial charge in [-0.25, -0.2) is 0 Å². The molecule has 0 unspecified atom stereocenters. The van der Waals surface area contributed by atoms with Crippen molar-refractivity contribution in [2.24, 2.45) is 0 Å². The fourth-order valence-corrected chi connectivity index (χ4v) is 3.97. The van der Waals surface area contributed by atoms with Crippen molar-refractivity contribution in [1.29, 1.82) is 0 Å². The first-order valence-corrected chi connectivity index (χ1v) is 8.79. The van der Waals surface area contributed by atoms with Gasteiger partial charge in [-0.1, -0.05) is 0 Å². The SMILES string of the molecule is CN(Cc1ccco1)[C@@H]1CN(C(=O)c2cccnc2)[C@@H]2CCCO[C@H]12. The van der Waals surface area contributed by atoms with Crippen LogP contribution in [0.4, 0.5) is 0 Å². The molecule has 2 aromatic rings. The summed E-state index contributed by atoms with van der Waals surface area (Å²) in [5.41, 5.74) is 0.640. The zero-order valence-electron chi connectivity index (χ0n) is 14.4. The third kappa shape index (κ3) is 3.19. The van der Waals surface area contributed by atoms with Gasteiger partial charge >= 0.3 is 0 Å². The standard InChI is InChI=1S/C19H23N3O3/c1-21(12-15-6-3-9-24-15)17-13-22(16-7-4-10-25-18(16)17)19(23)14-5-2-8-20-11-14/h2-3,5-6,8-9,11,16-18H,4,7,10,12-13H2,1H3/t16-,17-,18+/m1/s1. The minimum absolute atomic E-state index is 0.0440. The summed E-state index contributed by atoms with van der Waals surface area (Å²) in [6.07, 6.45) is 7.05. The predicted molar refractivity (Wildman–Crippen MR) is 92.0 cm³/mol. The van der Waals surface area contributed by atoms with Gasteiger partial charge in [0.2, 0.25) is 0 Å². The molecule has 4 rings (SSSR count). The van der Waals surface area contributed by atoms with E-state index in [1.807, 2.05) is 23.1 Å². The summed E-state index contributed by atoms with van der Waals surface area (Å²) in [4.78, 5) is 21.3. The second kappa shape index (κ2) is 6.98. The molecule has 1 amide bonds. The van der Waals surface area contributed by atoms with E-state index < -0.39 is 0 Å². The van der Waals surface area contributed by atoms with Crippen LogP contribution < -0.4 is 0 Å². The molecule has 0 aliphatic carbocycles. The van der Waals surface area contributed by atoms with Crippen molar-refractivity contribution in [3.63, 3.8) is 0 Å². The Kier molecular flexibility index (Phi) is 4.55. The van der Waals surface area contributed by atoms with Gasteiger partial charge in [0.05, 0.1) is 36.6 Å². The lowest BCUT2D eigenvalue weighted by Crippen LogP contribution is -2.46. The summed E-state index contributed by atoms with van der Waals surface area (Å²) in [7, 11) is 2.07. The number of likely N-dealkylation sites (tertiary alicyclic amines) is 1. The number of carbonyl (C=O) groups excluding carboxylic acids is 1. The van der Waals surface area contributed by atoms with Crippen molar-refractivity contribution in [3.05, 3.63) is 54.2 Å². The van der Waals surface area contributed by atoms with Crippen LogP contribution >= 0.6 is 0 Å². The van der Waals surface area contributed by atoms with Gasteiger partial charge in [0.25, 0.3) is 5.91 Å². The second-order valence-corrected chi connectivity index (χ2v) is 6.81. The minimum Gasteiger partial charge on any atom is -0.468 e. The van der Waals surface area contributed by atoms with E-state index in [2.05, 4.69) is 16.9 Å². The van der Waals surface area contributed by atoms with E-state index in [0.717, 1.165) is 25.2 Å². The molecule has 0 saturated carbocycles. The largest absolute Gasteiger partial charge is 0.468 e. The number of carbonyl (C=O) groups is 1. The van der Waals surface area contributed by atoms with Crippen molar-refractivity contribution < 1.29 is 13.9 Å². The summed E-state index contributed by atoms with van der Waals surface area (Å²) >= 11 is 0. The van der Waals surface area contributed by atoms with Crippen LogP contribution in [0.2, 0.25) is 0 Å². The smallest absolute Gasteiger partial charge is 0.255 e. The molecule has 6 nitrogen and oxygen atoms in total. The van der Waals surface area contributed by atoms with Crippen LogP contribution in [-0.4, -0.2) is 59.1 Å². The minimum atomic E-state index is 0.0440. The zero-order chi connectivity index (χ0) is 17.2. The molecular formula is C19H23N3O3. The Balaban J connectivity index is 1.54. The highest BCUT2D eigenvalue weighted by molar-refractivity contribution is 5.94. The van der Waals surface area contributed by atoms with Crippen LogP contribution in [0.1, 0.15) is 29.0 Å². The molecule has 2 fully saturated rings. The molecule has 0 bridgehead atoms. The number of fused-ring (bicyclic) bond motifs is 1. The molecule has 2 aromatic heterocycles. The quantitative estimate of drug-likeness (QED) is 0.853. The molecule has 0 radical (unpaired) electrons. The van der Waals surface area contributed by atoms with E-state index in [4.69, 9.17) is 9.15 Å². The number of amides is 1. The molecule has 4 heterocycles. The number of rotatable bonds is 4. The van der Waals surface area contributed by atoms with E-state index in [1.54, 1.807) is 24.7 Å². The van der Waals surface area contributed by atoms with Crippen LogP contribution in [0, 0.1) is 0 Å². The predicted octanol–water partition coefficient (Wildman–Crippen LogP) is 2.18. The number of furan rings is 1. The summed E-state index contributed by atoms with van der Waals surface area (Å²) in [5.74, 6) is 0.967. The Morgan fingerprint density at radius 2 is 2.32 bits per heavy atom. The third-order valence-corrected chi connectivity index (χ3v) is 5.22. The average Bonchev–Trinajstić information content (AvgIpc) is 3.29. The zero-order valence-corrected chi connectivity index (χ0v) is 14.4. The van der Waals surface area contributed by atoms with Crippen LogP contribution in [0.5, 0.6) is 0 Å². The van der Waals surface area contributed by atoms with E-state index in [9.17, 15) is 4.79 Å². The van der Waals surface area contributed by atoms with Crippen molar-refractivity contribution in [1.82, 2.24) is 14.8 Å². The first-order valence-electron chi connectivity index (χ1n) is 8.79. The van der Waals surface area contributed by atoms with E-state index in [0.29, 0.717) is 18.7 Å². The Bertz CT molecular complexity index is 704. The molecule has 0 spiro atoms. The van der Waals surface area contributed by atoms with Crippen LogP contribution in [0.3, 0.4) is 0 Å². The van der Waals surface area contributed by atoms with Gasteiger partial charge in [0.15, 0.2) is 0 Å². The van der Waals surface area contributed by atoms with E-state index in [1.165, 1.54) is 0 Å². The molecule has 2 saturated heterocycles. The van der Waals surface area contributed by atoms with E-state index >= 15 is 0 Å². The Hall–Kier alpha value is -2.18. The number of hydrogen-bond acceptors (Lipinski definition) is 5. The highest BCUT2D eigenvalue weighted by atomic mass is 16.5. The molecule has 3 atom stereocenters. The van der Waals surface area contributed by atoms with Crippen LogP contribution in [0.15, 0.2) is 47.3 Å². The van der Waals surface area contributed by atoms with Gasteiger partial charge in [-0.05, 0) is 44.2 Å². The normalized spacial score (nSPS) is 26.0. The van der Waals surface area contributed by atoms with Crippen molar-refractivity contribution in [2.75, 3.05) is 20.2 Å². The lowest BCUT2D eigenvalue weighted by Gasteiger charge is -2.34. The molecule has 132 valence electrons. The highest BCUT2D eigenvalue weighted by Crippen LogP contribution is 2.32. The summed E-state index contributed by atoms with van der Waals surface area (Å²) < 4.78 is 11.6. The first-order chi connectivity index (χ1) is 12.2. The average molecular weight is 341 g/mol. The van der Waals surface area contributed by atoms with Gasteiger partial charge < -0.3 is 14.1 Å². The maximum absolute atomic E-state index is 13.0. The van der Waals surface area contributed by atoms with Crippen molar-refractivity contribution in [2.45, 2.75) is 37.6 Å². The lowest BCUT2D eigenvalue weighted by molar-refractivity contribution is -0.0363. The number of likely N-dealkylation sites (N-methyl/N-ethyl adjacent to an activating group) is 1. The monoisotopic (exact) mass is 341 g/mol. The summed E-state index contributed by atoms with van der Waals surface area (Å²) in [6, 6.07) is 7.80. The van der Waals surface area contributed by atoms with Gasteiger partial charge in [0, 0.05) is 25.5 Å². The topological polar surface area (TPSA) is 58.8 Å². The number of nitrogens with zero attached hydrogens (tertiary/aromatic N) is 3. The van der Waals surface area contributed by atoms with Crippen LogP contribution in [-0.2, 0) is 11.3 Å². The third-order valence-electron chi connectivity index (χ3n) is 5.22. The molecular weight excluding hydrogens is 318 g/mol. The van der Waals surface area contributed by atoms with E-state index in [-0.39, 0.29) is 24.1 Å². The number of aromatic nitrogens is 1. The molecule has 0 N–H and O–H groups in total. The van der Waals surface area contributed by atoms with Gasteiger partial charge in [-0.3, -0.25) is 14.7 Å². The number of ether oxygens (including phenoxy) is 1.